The molecule has 0 amide bonds. The molecule has 1 saturated heterocycles. The number of rotatable bonds is 4. The molecule has 4 rings (SSSR count). The normalized spacial score (nSPS) is 16.9. The number of anilines is 1. The zero-order valence-corrected chi connectivity index (χ0v) is 18.5. The Morgan fingerprint density at radius 2 is 1.81 bits per heavy atom. The first-order chi connectivity index (χ1) is 15.0. The lowest BCUT2D eigenvalue weighted by Crippen LogP contribution is -2.30. The summed E-state index contributed by atoms with van der Waals surface area (Å²) < 4.78 is 7.36. The summed E-state index contributed by atoms with van der Waals surface area (Å²) in [5, 5.41) is 10.8. The van der Waals surface area contributed by atoms with Gasteiger partial charge < -0.3 is 14.2 Å². The molecule has 5 nitrogen and oxygen atoms in total. The molecule has 1 aliphatic heterocycles. The van der Waals surface area contributed by atoms with Crippen LogP contribution in [0.3, 0.4) is 0 Å². The summed E-state index contributed by atoms with van der Waals surface area (Å²) in [4.78, 5) is 15.1. The molecule has 160 valence electrons. The summed E-state index contributed by atoms with van der Waals surface area (Å²) >= 11 is 0. The van der Waals surface area contributed by atoms with Gasteiger partial charge in [0.1, 0.15) is 17.4 Å². The molecule has 1 atom stereocenters. The monoisotopic (exact) mass is 415 g/mol. The van der Waals surface area contributed by atoms with E-state index in [9.17, 15) is 10.1 Å². The van der Waals surface area contributed by atoms with Crippen LogP contribution in [-0.4, -0.2) is 23.8 Å². The number of aryl methyl sites for hydroxylation is 1. The molecular formula is C26H29N3O2. The van der Waals surface area contributed by atoms with E-state index >= 15 is 0 Å². The molecule has 0 radical (unpaired) electrons. The molecule has 2 heterocycles. The fourth-order valence-electron chi connectivity index (χ4n) is 4.65. The van der Waals surface area contributed by atoms with Crippen molar-refractivity contribution in [2.45, 2.75) is 45.1 Å². The van der Waals surface area contributed by atoms with Crippen LogP contribution in [-0.2, 0) is 7.05 Å². The average Bonchev–Trinajstić information content (AvgIpc) is 3.02. The van der Waals surface area contributed by atoms with E-state index in [1.54, 1.807) is 11.6 Å². The zero-order valence-electron chi connectivity index (χ0n) is 18.5. The Kier molecular flexibility index (Phi) is 5.99. The minimum absolute atomic E-state index is 0.167. The topological polar surface area (TPSA) is 58.3 Å². The molecule has 0 bridgehead atoms. The maximum atomic E-state index is 12.9. The van der Waals surface area contributed by atoms with Crippen LogP contribution in [0.2, 0.25) is 0 Å². The second-order valence-electron chi connectivity index (χ2n) is 8.57. The van der Waals surface area contributed by atoms with E-state index in [0.717, 1.165) is 54.7 Å². The number of nitriles is 1. The highest BCUT2D eigenvalue weighted by Gasteiger charge is 2.24. The third kappa shape index (κ3) is 4.16. The number of nitrogens with zero attached hydrogens (tertiary/aromatic N) is 3. The Balaban J connectivity index is 1.63. The lowest BCUT2D eigenvalue weighted by molar-refractivity contribution is 0.242. The Morgan fingerprint density at radius 3 is 2.52 bits per heavy atom. The Hall–Kier alpha value is -3.26. The van der Waals surface area contributed by atoms with Crippen LogP contribution in [0.25, 0.3) is 10.9 Å². The highest BCUT2D eigenvalue weighted by molar-refractivity contribution is 5.94. The first-order valence-corrected chi connectivity index (χ1v) is 11.0. The van der Waals surface area contributed by atoms with E-state index in [1.807, 2.05) is 38.1 Å². The molecule has 31 heavy (non-hydrogen) atoms. The van der Waals surface area contributed by atoms with Crippen LogP contribution < -0.4 is 15.2 Å². The molecule has 0 N–H and O–H groups in total. The summed E-state index contributed by atoms with van der Waals surface area (Å²) in [6.45, 7) is 5.73. The number of pyridine rings is 1. The molecule has 1 aromatic heterocycles. The van der Waals surface area contributed by atoms with E-state index in [4.69, 9.17) is 4.74 Å². The van der Waals surface area contributed by atoms with Crippen LogP contribution in [0.5, 0.6) is 5.75 Å². The van der Waals surface area contributed by atoms with Gasteiger partial charge in [-0.15, -0.1) is 0 Å². The molecule has 1 aliphatic rings. The molecule has 0 spiro atoms. The molecule has 1 fully saturated rings. The van der Waals surface area contributed by atoms with E-state index in [-0.39, 0.29) is 17.2 Å². The van der Waals surface area contributed by atoms with Crippen molar-refractivity contribution in [2.24, 2.45) is 7.05 Å². The number of para-hydroxylation sites is 1. The first kappa shape index (κ1) is 21.0. The number of fused-ring (bicyclic) bond motifs is 1. The summed E-state index contributed by atoms with van der Waals surface area (Å²) in [5.74, 6) is 1.36. The van der Waals surface area contributed by atoms with Crippen LogP contribution in [0.4, 0.5) is 5.69 Å². The Bertz CT molecular complexity index is 1170. The van der Waals surface area contributed by atoms with E-state index in [1.165, 1.54) is 5.56 Å². The lowest BCUT2D eigenvalue weighted by atomic mass is 9.92. The molecule has 2 aromatic carbocycles. The van der Waals surface area contributed by atoms with Gasteiger partial charge in [-0.3, -0.25) is 4.79 Å². The molecule has 0 aliphatic carbocycles. The van der Waals surface area contributed by atoms with Gasteiger partial charge in [-0.25, -0.2) is 0 Å². The molecule has 0 unspecified atom stereocenters. The van der Waals surface area contributed by atoms with E-state index < -0.39 is 0 Å². The minimum atomic E-state index is -0.224. The SMILES string of the molecule is CC(C)Oc1ccc([C@@H]2CCCN(c3c(C#N)c(=O)n(C)c4ccccc34)CC2)cc1. The molecule has 5 heteroatoms. The van der Waals surface area contributed by atoms with Gasteiger partial charge >= 0.3 is 0 Å². The van der Waals surface area contributed by atoms with Crippen molar-refractivity contribution < 1.29 is 4.74 Å². The third-order valence-corrected chi connectivity index (χ3v) is 6.16. The summed E-state index contributed by atoms with van der Waals surface area (Å²) in [6.07, 6.45) is 3.26. The highest BCUT2D eigenvalue weighted by atomic mass is 16.5. The minimum Gasteiger partial charge on any atom is -0.491 e. The number of benzene rings is 2. The smallest absolute Gasteiger partial charge is 0.270 e. The number of hydrogen-bond donors (Lipinski definition) is 0. The average molecular weight is 416 g/mol. The van der Waals surface area contributed by atoms with Crippen molar-refractivity contribution in [2.75, 3.05) is 18.0 Å². The van der Waals surface area contributed by atoms with Crippen molar-refractivity contribution in [3.05, 3.63) is 70.0 Å². The Labute approximate surface area is 183 Å². The predicted octanol–water partition coefficient (Wildman–Crippen LogP) is 4.97. The second kappa shape index (κ2) is 8.85. The van der Waals surface area contributed by atoms with Gasteiger partial charge in [-0.2, -0.15) is 5.26 Å². The number of aromatic nitrogens is 1. The Morgan fingerprint density at radius 1 is 1.06 bits per heavy atom. The van der Waals surface area contributed by atoms with Gasteiger partial charge in [0.05, 0.1) is 17.3 Å². The standard InChI is InChI=1S/C26H29N3O2/c1-18(2)31-21-12-10-20(11-13-21)19-7-6-15-29(16-14-19)25-22-8-4-5-9-24(22)28(3)26(30)23(25)17-27/h4-5,8-13,18-19H,6-7,14-16H2,1-3H3/t19-/m1/s1. The fraction of sp³-hybridized carbons (Fsp3) is 0.385. The zero-order chi connectivity index (χ0) is 22.0. The van der Waals surface area contributed by atoms with Crippen LogP contribution >= 0.6 is 0 Å². The highest BCUT2D eigenvalue weighted by Crippen LogP contribution is 2.34. The van der Waals surface area contributed by atoms with Gasteiger partial charge in [0.2, 0.25) is 0 Å². The van der Waals surface area contributed by atoms with Crippen LogP contribution in [0, 0.1) is 11.3 Å². The van der Waals surface area contributed by atoms with Crippen molar-refractivity contribution in [3.63, 3.8) is 0 Å². The van der Waals surface area contributed by atoms with Crippen molar-refractivity contribution in [1.29, 1.82) is 5.26 Å². The summed E-state index contributed by atoms with van der Waals surface area (Å²) in [6, 6.07) is 18.5. The third-order valence-electron chi connectivity index (χ3n) is 6.16. The largest absolute Gasteiger partial charge is 0.491 e. The van der Waals surface area contributed by atoms with E-state index in [2.05, 4.69) is 35.2 Å². The predicted molar refractivity (Wildman–Crippen MR) is 125 cm³/mol. The fourth-order valence-corrected chi connectivity index (χ4v) is 4.65. The number of hydrogen-bond acceptors (Lipinski definition) is 4. The summed E-state index contributed by atoms with van der Waals surface area (Å²) in [7, 11) is 1.74. The van der Waals surface area contributed by atoms with Crippen LogP contribution in [0.15, 0.2) is 53.3 Å². The first-order valence-electron chi connectivity index (χ1n) is 11.0. The molecule has 3 aromatic rings. The van der Waals surface area contributed by atoms with E-state index in [0.29, 0.717) is 5.92 Å². The number of ether oxygens (including phenoxy) is 1. The van der Waals surface area contributed by atoms with Gasteiger partial charge in [0.15, 0.2) is 0 Å². The second-order valence-corrected chi connectivity index (χ2v) is 8.57. The quantitative estimate of drug-likeness (QED) is 0.604. The van der Waals surface area contributed by atoms with Crippen molar-refractivity contribution in [1.82, 2.24) is 4.57 Å². The van der Waals surface area contributed by atoms with Gasteiger partial charge in [0.25, 0.3) is 5.56 Å². The maximum Gasteiger partial charge on any atom is 0.270 e. The van der Waals surface area contributed by atoms with Gasteiger partial charge in [-0.1, -0.05) is 30.3 Å². The van der Waals surface area contributed by atoms with Crippen molar-refractivity contribution >= 4 is 16.6 Å². The van der Waals surface area contributed by atoms with Gasteiger partial charge in [0, 0.05) is 25.5 Å². The molecular weight excluding hydrogens is 386 g/mol. The van der Waals surface area contributed by atoms with Crippen molar-refractivity contribution in [3.8, 4) is 11.8 Å². The van der Waals surface area contributed by atoms with Gasteiger partial charge in [-0.05, 0) is 62.8 Å². The maximum absolute atomic E-state index is 12.9. The van der Waals surface area contributed by atoms with Crippen LogP contribution in [0.1, 0.15) is 50.2 Å². The summed E-state index contributed by atoms with van der Waals surface area (Å²) in [5.41, 5.74) is 3.01. The molecule has 0 saturated carbocycles. The lowest BCUT2D eigenvalue weighted by Gasteiger charge is -2.26.